The number of rotatable bonds is 3. The van der Waals surface area contributed by atoms with Gasteiger partial charge in [0.25, 0.3) is 5.91 Å². The number of carbonyl (C=O) groups excluding carboxylic acids is 1. The zero-order valence-electron chi connectivity index (χ0n) is 14.4. The third kappa shape index (κ3) is 2.79. The van der Waals surface area contributed by atoms with Crippen molar-refractivity contribution in [1.29, 1.82) is 0 Å². The summed E-state index contributed by atoms with van der Waals surface area (Å²) < 4.78 is 43.8. The number of carbonyl (C=O) groups is 1. The molecule has 1 heterocycles. The monoisotopic (exact) mass is 359 g/mol. The number of halogens is 3. The van der Waals surface area contributed by atoms with Crippen LogP contribution in [0.2, 0.25) is 0 Å². The molecule has 5 heteroatoms. The molecule has 4 rings (SSSR count). The van der Waals surface area contributed by atoms with Crippen molar-refractivity contribution in [2.45, 2.75) is 37.3 Å². The molecular formula is C21H20F3NO. The Bertz CT molecular complexity index is 827. The topological polar surface area (TPSA) is 20.3 Å². The fourth-order valence-electron chi connectivity index (χ4n) is 3.97. The quantitative estimate of drug-likeness (QED) is 0.768. The average molecular weight is 359 g/mol. The molecule has 136 valence electrons. The van der Waals surface area contributed by atoms with Crippen molar-refractivity contribution >= 4 is 5.91 Å². The minimum absolute atomic E-state index is 0.0649. The maximum Gasteiger partial charge on any atom is 0.260 e. The summed E-state index contributed by atoms with van der Waals surface area (Å²) >= 11 is 0. The fourth-order valence-corrected chi connectivity index (χ4v) is 3.97. The zero-order valence-corrected chi connectivity index (χ0v) is 14.4. The van der Waals surface area contributed by atoms with Gasteiger partial charge in [0.2, 0.25) is 0 Å². The highest BCUT2D eigenvalue weighted by Crippen LogP contribution is 2.57. The van der Waals surface area contributed by atoms with Crippen LogP contribution in [-0.4, -0.2) is 29.6 Å². The van der Waals surface area contributed by atoms with Gasteiger partial charge in [-0.15, -0.1) is 0 Å². The van der Waals surface area contributed by atoms with Crippen LogP contribution in [0, 0.1) is 11.6 Å². The van der Waals surface area contributed by atoms with Crippen LogP contribution in [0.1, 0.15) is 37.2 Å². The van der Waals surface area contributed by atoms with Gasteiger partial charge < -0.3 is 4.90 Å². The van der Waals surface area contributed by atoms with Crippen molar-refractivity contribution in [1.82, 2.24) is 4.90 Å². The summed E-state index contributed by atoms with van der Waals surface area (Å²) in [6.45, 7) is 1.17. The molecule has 2 nitrogen and oxygen atoms in total. The van der Waals surface area contributed by atoms with Crippen molar-refractivity contribution in [3.05, 3.63) is 59.7 Å². The molecule has 1 aliphatic heterocycles. The van der Waals surface area contributed by atoms with E-state index >= 15 is 4.39 Å². The highest BCUT2D eigenvalue weighted by molar-refractivity contribution is 5.91. The summed E-state index contributed by atoms with van der Waals surface area (Å²) in [4.78, 5) is 14.2. The van der Waals surface area contributed by atoms with Crippen molar-refractivity contribution in [3.8, 4) is 11.1 Å². The third-order valence-electron chi connectivity index (χ3n) is 5.46. The summed E-state index contributed by atoms with van der Waals surface area (Å²) in [5.74, 6) is -2.52. The van der Waals surface area contributed by atoms with Crippen LogP contribution in [0.3, 0.4) is 0 Å². The van der Waals surface area contributed by atoms with Crippen LogP contribution < -0.4 is 0 Å². The van der Waals surface area contributed by atoms with Crippen LogP contribution in [0.15, 0.2) is 42.5 Å². The molecule has 2 aromatic rings. The molecule has 0 radical (unpaired) electrons. The SMILES string of the molecule is O=C(N1CCCCC1)C1(F)CC1c1ccccc1-c1c(F)cccc1F. The van der Waals surface area contributed by atoms with Crippen molar-refractivity contribution < 1.29 is 18.0 Å². The summed E-state index contributed by atoms with van der Waals surface area (Å²) in [6, 6.07) is 10.3. The van der Waals surface area contributed by atoms with Crippen LogP contribution in [-0.2, 0) is 4.79 Å². The lowest BCUT2D eigenvalue weighted by molar-refractivity contribution is -0.139. The van der Waals surface area contributed by atoms with Crippen molar-refractivity contribution in [2.75, 3.05) is 13.1 Å². The highest BCUT2D eigenvalue weighted by Gasteiger charge is 2.63. The van der Waals surface area contributed by atoms with Crippen molar-refractivity contribution in [3.63, 3.8) is 0 Å². The second kappa shape index (κ2) is 6.45. The van der Waals surface area contributed by atoms with E-state index in [1.165, 1.54) is 18.2 Å². The highest BCUT2D eigenvalue weighted by atomic mass is 19.1. The van der Waals surface area contributed by atoms with E-state index in [0.717, 1.165) is 19.3 Å². The first-order valence-electron chi connectivity index (χ1n) is 9.04. The van der Waals surface area contributed by atoms with Gasteiger partial charge in [-0.2, -0.15) is 0 Å². The Kier molecular flexibility index (Phi) is 4.25. The Labute approximate surface area is 150 Å². The van der Waals surface area contributed by atoms with Gasteiger partial charge in [0, 0.05) is 25.4 Å². The predicted octanol–water partition coefficient (Wildman–Crippen LogP) is 4.84. The average Bonchev–Trinajstić information content (AvgIpc) is 3.35. The summed E-state index contributed by atoms with van der Waals surface area (Å²) in [5.41, 5.74) is -1.32. The standard InChI is InChI=1S/C21H20F3NO/c22-17-9-6-10-18(23)19(17)15-8-3-2-7-14(15)16-13-21(16,24)20(26)25-11-4-1-5-12-25/h2-3,6-10,16H,1,4-5,11-13H2. The van der Waals surface area contributed by atoms with E-state index in [0.29, 0.717) is 24.2 Å². The van der Waals surface area contributed by atoms with Crippen molar-refractivity contribution in [2.24, 2.45) is 0 Å². The molecule has 2 aliphatic rings. The van der Waals surface area contributed by atoms with Gasteiger partial charge in [-0.1, -0.05) is 30.3 Å². The molecular weight excluding hydrogens is 339 g/mol. The zero-order chi connectivity index (χ0) is 18.3. The van der Waals surface area contributed by atoms with Crippen LogP contribution in [0.5, 0.6) is 0 Å². The van der Waals surface area contributed by atoms with E-state index < -0.39 is 29.1 Å². The normalized spacial score (nSPS) is 25.2. The molecule has 0 N–H and O–H groups in total. The van der Waals surface area contributed by atoms with E-state index in [1.54, 1.807) is 29.2 Å². The molecule has 2 fully saturated rings. The molecule has 2 atom stereocenters. The largest absolute Gasteiger partial charge is 0.340 e. The van der Waals surface area contributed by atoms with Crippen LogP contribution in [0.25, 0.3) is 11.1 Å². The second-order valence-electron chi connectivity index (χ2n) is 7.16. The van der Waals surface area contributed by atoms with E-state index in [9.17, 15) is 13.6 Å². The molecule has 2 unspecified atom stereocenters. The first-order chi connectivity index (χ1) is 12.5. The second-order valence-corrected chi connectivity index (χ2v) is 7.16. The maximum absolute atomic E-state index is 15.3. The van der Waals surface area contributed by atoms with E-state index in [4.69, 9.17) is 0 Å². The maximum atomic E-state index is 15.3. The summed E-state index contributed by atoms with van der Waals surface area (Å²) in [7, 11) is 0. The van der Waals surface area contributed by atoms with Crippen LogP contribution >= 0.6 is 0 Å². The number of amides is 1. The fraction of sp³-hybridized carbons (Fsp3) is 0.381. The predicted molar refractivity (Wildman–Crippen MR) is 93.4 cm³/mol. The van der Waals surface area contributed by atoms with Gasteiger partial charge in [-0.3, -0.25) is 4.79 Å². The minimum atomic E-state index is -1.96. The molecule has 1 saturated heterocycles. The van der Waals surface area contributed by atoms with Gasteiger partial charge in [0.05, 0.1) is 5.56 Å². The number of alkyl halides is 1. The number of hydrogen-bond donors (Lipinski definition) is 0. The first kappa shape index (κ1) is 17.1. The molecule has 0 aromatic heterocycles. The molecule has 1 saturated carbocycles. The molecule has 0 spiro atoms. The van der Waals surface area contributed by atoms with Gasteiger partial charge in [-0.25, -0.2) is 13.2 Å². The molecule has 0 bridgehead atoms. The number of benzene rings is 2. The molecule has 1 amide bonds. The number of likely N-dealkylation sites (tertiary alicyclic amines) is 1. The summed E-state index contributed by atoms with van der Waals surface area (Å²) in [6.07, 6.45) is 2.91. The van der Waals surface area contributed by atoms with Gasteiger partial charge in [-0.05, 0) is 42.5 Å². The van der Waals surface area contributed by atoms with Gasteiger partial charge in [0.1, 0.15) is 11.6 Å². The van der Waals surface area contributed by atoms with E-state index in [1.807, 2.05) is 0 Å². The number of piperidine rings is 1. The van der Waals surface area contributed by atoms with Gasteiger partial charge in [0.15, 0.2) is 5.67 Å². The first-order valence-corrected chi connectivity index (χ1v) is 9.04. The molecule has 1 aliphatic carbocycles. The third-order valence-corrected chi connectivity index (χ3v) is 5.46. The Morgan fingerprint density at radius 1 is 0.962 bits per heavy atom. The van der Waals surface area contributed by atoms with E-state index in [-0.39, 0.29) is 12.0 Å². The van der Waals surface area contributed by atoms with Crippen LogP contribution in [0.4, 0.5) is 13.2 Å². The number of nitrogens with zero attached hydrogens (tertiary/aromatic N) is 1. The summed E-state index contributed by atoms with van der Waals surface area (Å²) in [5, 5.41) is 0. The minimum Gasteiger partial charge on any atom is -0.340 e. The smallest absolute Gasteiger partial charge is 0.260 e. The Morgan fingerprint density at radius 2 is 1.62 bits per heavy atom. The lowest BCUT2D eigenvalue weighted by Gasteiger charge is -2.28. The number of hydrogen-bond acceptors (Lipinski definition) is 1. The Balaban J connectivity index is 1.67. The molecule has 26 heavy (non-hydrogen) atoms. The Hall–Kier alpha value is -2.30. The lowest BCUT2D eigenvalue weighted by Crippen LogP contribution is -2.42. The van der Waals surface area contributed by atoms with Gasteiger partial charge >= 0.3 is 0 Å². The Morgan fingerprint density at radius 3 is 2.31 bits per heavy atom. The molecule has 2 aromatic carbocycles. The lowest BCUT2D eigenvalue weighted by atomic mass is 9.94. The van der Waals surface area contributed by atoms with E-state index in [2.05, 4.69) is 0 Å².